The zero-order valence-electron chi connectivity index (χ0n) is 11.4. The summed E-state index contributed by atoms with van der Waals surface area (Å²) in [4.78, 5) is 21.1. The van der Waals surface area contributed by atoms with Crippen molar-refractivity contribution < 1.29 is 20.1 Å². The first-order chi connectivity index (χ1) is 10.4. The van der Waals surface area contributed by atoms with Crippen molar-refractivity contribution in [3.8, 4) is 0 Å². The number of anilines is 4. The van der Waals surface area contributed by atoms with Crippen LogP contribution in [0, 0.1) is 0 Å². The normalized spacial score (nSPS) is 12.4. The fraction of sp³-hybridized carbons (Fsp3) is 0. The summed E-state index contributed by atoms with van der Waals surface area (Å²) in [6.45, 7) is 0. The summed E-state index contributed by atoms with van der Waals surface area (Å²) in [5, 5.41) is 0. The van der Waals surface area contributed by atoms with Gasteiger partial charge in [0.05, 0.1) is 11.4 Å². The molecule has 0 saturated carbocycles. The van der Waals surface area contributed by atoms with Crippen LogP contribution in [0.4, 0.5) is 23.3 Å². The molecule has 0 spiro atoms. The Morgan fingerprint density at radius 2 is 1.05 bits per heavy atom. The smallest absolute Gasteiger partial charge is 0.335 e. The Hall–Kier alpha value is -2.31. The van der Waals surface area contributed by atoms with Crippen molar-refractivity contribution in [3.05, 3.63) is 61.2 Å². The molecule has 1 aliphatic heterocycles. The quantitative estimate of drug-likeness (QED) is 0.541. The zero-order valence-corrected chi connectivity index (χ0v) is 13.8. The standard InChI is InChI=1S/C14H10BN6.Ir/c1-2-6-12-11(5-1)20(13-16-7-3-8-17-13)15-21(12)14-18-9-4-10-19-14;/h1-10H;. The van der Waals surface area contributed by atoms with Crippen molar-refractivity contribution >= 4 is 30.8 Å². The summed E-state index contributed by atoms with van der Waals surface area (Å²) in [7, 11) is 1.90. The summed E-state index contributed by atoms with van der Waals surface area (Å²) in [5.74, 6) is 1.23. The van der Waals surface area contributed by atoms with Gasteiger partial charge < -0.3 is 9.62 Å². The van der Waals surface area contributed by atoms with Crippen molar-refractivity contribution in [2.45, 2.75) is 0 Å². The van der Waals surface area contributed by atoms with Gasteiger partial charge in [0.1, 0.15) is 0 Å². The molecular formula is C14H10BIrN6. The molecule has 0 atom stereocenters. The number of hydrogen-bond donors (Lipinski definition) is 0. The van der Waals surface area contributed by atoms with Crippen molar-refractivity contribution in [3.63, 3.8) is 0 Å². The first-order valence-electron chi connectivity index (χ1n) is 6.50. The van der Waals surface area contributed by atoms with Crippen molar-refractivity contribution in [2.75, 3.05) is 9.62 Å². The number of para-hydroxylation sites is 2. The molecule has 1 aromatic carbocycles. The average Bonchev–Trinajstić information content (AvgIpc) is 2.96. The van der Waals surface area contributed by atoms with Gasteiger partial charge in [0.25, 0.3) is 0 Å². The fourth-order valence-electron chi connectivity index (χ4n) is 2.26. The molecule has 4 rings (SSSR count). The maximum Gasteiger partial charge on any atom is 0.406 e. The average molecular weight is 465 g/mol. The molecule has 1 aliphatic rings. The van der Waals surface area contributed by atoms with E-state index in [2.05, 4.69) is 19.9 Å². The monoisotopic (exact) mass is 466 g/mol. The number of nitrogens with zero attached hydrogens (tertiary/aromatic N) is 6. The second-order valence-corrected chi connectivity index (χ2v) is 4.44. The third kappa shape index (κ3) is 2.47. The predicted octanol–water partition coefficient (Wildman–Crippen LogP) is 2.09. The summed E-state index contributed by atoms with van der Waals surface area (Å²) >= 11 is 0. The minimum Gasteiger partial charge on any atom is -0.335 e. The number of benzene rings is 1. The molecule has 8 heteroatoms. The molecule has 22 heavy (non-hydrogen) atoms. The largest absolute Gasteiger partial charge is 0.406 e. The maximum atomic E-state index is 4.30. The van der Waals surface area contributed by atoms with Crippen molar-refractivity contribution in [1.82, 2.24) is 19.9 Å². The Morgan fingerprint density at radius 1 is 0.636 bits per heavy atom. The molecule has 6 nitrogen and oxygen atoms in total. The van der Waals surface area contributed by atoms with E-state index in [9.17, 15) is 0 Å². The molecule has 0 fully saturated rings. The minimum absolute atomic E-state index is 0. The van der Waals surface area contributed by atoms with Crippen LogP contribution in [-0.2, 0) is 20.1 Å². The van der Waals surface area contributed by atoms with Crippen molar-refractivity contribution in [2.24, 2.45) is 0 Å². The van der Waals surface area contributed by atoms with E-state index in [0.29, 0.717) is 11.9 Å². The second kappa shape index (κ2) is 6.21. The van der Waals surface area contributed by atoms with Gasteiger partial charge in [-0.1, -0.05) is 12.1 Å². The van der Waals surface area contributed by atoms with Crippen LogP contribution in [0.1, 0.15) is 0 Å². The molecule has 0 N–H and O–H groups in total. The fourth-order valence-corrected chi connectivity index (χ4v) is 2.26. The van der Waals surface area contributed by atoms with Crippen LogP contribution < -0.4 is 9.62 Å². The van der Waals surface area contributed by atoms with Crippen LogP contribution in [0.15, 0.2) is 61.2 Å². The first kappa shape index (κ1) is 14.6. The molecule has 0 amide bonds. The van der Waals surface area contributed by atoms with Gasteiger partial charge in [0.2, 0.25) is 11.9 Å². The number of rotatable bonds is 2. The van der Waals surface area contributed by atoms with Gasteiger partial charge in [-0.3, -0.25) is 0 Å². The van der Waals surface area contributed by atoms with Gasteiger partial charge in [-0.15, -0.1) is 0 Å². The van der Waals surface area contributed by atoms with E-state index in [-0.39, 0.29) is 20.1 Å². The van der Waals surface area contributed by atoms with Crippen LogP contribution in [0.25, 0.3) is 0 Å². The molecule has 0 bridgehead atoms. The number of hydrogen-bond acceptors (Lipinski definition) is 6. The topological polar surface area (TPSA) is 58.0 Å². The Morgan fingerprint density at radius 3 is 1.45 bits per heavy atom. The van der Waals surface area contributed by atoms with Crippen LogP contribution in [0.3, 0.4) is 0 Å². The molecule has 0 unspecified atom stereocenters. The Balaban J connectivity index is 0.00000144. The third-order valence-corrected chi connectivity index (χ3v) is 3.17. The van der Waals surface area contributed by atoms with Gasteiger partial charge in [0, 0.05) is 44.9 Å². The van der Waals surface area contributed by atoms with E-state index in [4.69, 9.17) is 0 Å². The Kier molecular flexibility index (Phi) is 4.13. The van der Waals surface area contributed by atoms with Crippen molar-refractivity contribution in [1.29, 1.82) is 0 Å². The van der Waals surface area contributed by atoms with Gasteiger partial charge >= 0.3 is 7.55 Å². The molecule has 2 aromatic heterocycles. The van der Waals surface area contributed by atoms with E-state index < -0.39 is 0 Å². The predicted molar refractivity (Wildman–Crippen MR) is 80.5 cm³/mol. The molecule has 0 aliphatic carbocycles. The minimum atomic E-state index is 0. The number of aromatic nitrogens is 4. The SMILES string of the molecule is [B]1N(c2ncccn2)c2ccccc2N1c1ncccn1.[Ir]. The first-order valence-corrected chi connectivity index (χ1v) is 6.50. The summed E-state index contributed by atoms with van der Waals surface area (Å²) < 4.78 is 0. The summed E-state index contributed by atoms with van der Waals surface area (Å²) in [5.41, 5.74) is 1.99. The third-order valence-electron chi connectivity index (χ3n) is 3.17. The zero-order chi connectivity index (χ0) is 14.1. The van der Waals surface area contributed by atoms with E-state index in [1.807, 2.05) is 41.4 Å². The molecule has 2 radical (unpaired) electrons. The van der Waals surface area contributed by atoms with E-state index in [1.54, 1.807) is 36.9 Å². The summed E-state index contributed by atoms with van der Waals surface area (Å²) in [6, 6.07) is 11.6. The van der Waals surface area contributed by atoms with Gasteiger partial charge in [-0.2, -0.15) is 0 Å². The van der Waals surface area contributed by atoms with Gasteiger partial charge in [-0.25, -0.2) is 19.9 Å². The Labute approximate surface area is 141 Å². The summed E-state index contributed by atoms with van der Waals surface area (Å²) in [6.07, 6.45) is 6.89. The van der Waals surface area contributed by atoms with E-state index >= 15 is 0 Å². The molecule has 0 saturated heterocycles. The van der Waals surface area contributed by atoms with E-state index in [1.165, 1.54) is 0 Å². The number of fused-ring (bicyclic) bond motifs is 1. The maximum absolute atomic E-state index is 4.30. The molecule has 3 heterocycles. The molecule has 3 aromatic rings. The Bertz CT molecular complexity index is 693. The molecular weight excluding hydrogens is 455 g/mol. The van der Waals surface area contributed by atoms with Crippen LogP contribution in [0.5, 0.6) is 0 Å². The van der Waals surface area contributed by atoms with Gasteiger partial charge in [-0.05, 0) is 24.3 Å². The van der Waals surface area contributed by atoms with Crippen LogP contribution in [0.2, 0.25) is 0 Å². The van der Waals surface area contributed by atoms with Crippen LogP contribution >= 0.6 is 0 Å². The van der Waals surface area contributed by atoms with E-state index in [0.717, 1.165) is 11.4 Å². The van der Waals surface area contributed by atoms with Crippen LogP contribution in [-0.4, -0.2) is 27.5 Å². The second-order valence-electron chi connectivity index (χ2n) is 4.44. The molecule has 108 valence electrons. The van der Waals surface area contributed by atoms with Gasteiger partial charge in [0.15, 0.2) is 0 Å².